The van der Waals surface area contributed by atoms with Crippen molar-refractivity contribution in [2.75, 3.05) is 31.2 Å². The topological polar surface area (TPSA) is 114 Å². The molecule has 1 aliphatic heterocycles. The smallest absolute Gasteiger partial charge is 0.243 e. The molecule has 0 radical (unpaired) electrons. The van der Waals surface area contributed by atoms with Crippen LogP contribution in [0.4, 0.5) is 5.13 Å². The Labute approximate surface area is 204 Å². The lowest BCUT2D eigenvalue weighted by Crippen LogP contribution is -2.42. The van der Waals surface area contributed by atoms with E-state index in [1.165, 1.54) is 33.8 Å². The highest BCUT2D eigenvalue weighted by Crippen LogP contribution is 2.29. The highest BCUT2D eigenvalue weighted by atomic mass is 32.2. The Morgan fingerprint density at radius 2 is 1.76 bits per heavy atom. The Balaban J connectivity index is 1.48. The van der Waals surface area contributed by atoms with Crippen LogP contribution in [0.25, 0.3) is 10.2 Å². The summed E-state index contributed by atoms with van der Waals surface area (Å²) in [5.41, 5.74) is 0.928. The third kappa shape index (κ3) is 5.32. The van der Waals surface area contributed by atoms with Crippen molar-refractivity contribution in [1.82, 2.24) is 9.29 Å². The number of sulfonamides is 1. The van der Waals surface area contributed by atoms with E-state index in [0.717, 1.165) is 12.7 Å². The van der Waals surface area contributed by atoms with Gasteiger partial charge >= 0.3 is 0 Å². The third-order valence-electron chi connectivity index (χ3n) is 5.82. The fourth-order valence-electron chi connectivity index (χ4n) is 4.25. The van der Waals surface area contributed by atoms with E-state index in [4.69, 9.17) is 0 Å². The standard InChI is InChI=1S/C23H27N3O5S3/c1-15-9-16(2)14-26(13-15)34(30,31)19-6-4-5-17(10-19)21(27)12-24-23-25-20-8-7-18(33(3,28)29)11-22(20)32-23/h4-8,10-11,15-16H,9,12-14H2,1-3H3,(H,24,25). The Kier molecular flexibility index (Phi) is 6.83. The summed E-state index contributed by atoms with van der Waals surface area (Å²) in [5.74, 6) is 0.304. The van der Waals surface area contributed by atoms with Crippen LogP contribution in [-0.4, -0.2) is 57.8 Å². The molecule has 1 saturated heterocycles. The molecule has 1 fully saturated rings. The van der Waals surface area contributed by atoms with Crippen molar-refractivity contribution in [2.24, 2.45) is 11.8 Å². The maximum Gasteiger partial charge on any atom is 0.243 e. The molecule has 0 amide bonds. The number of nitrogens with one attached hydrogen (secondary N) is 1. The lowest BCUT2D eigenvalue weighted by molar-refractivity contribution is 0.101. The molecule has 1 aliphatic rings. The van der Waals surface area contributed by atoms with E-state index in [0.29, 0.717) is 34.0 Å². The molecule has 8 nitrogen and oxygen atoms in total. The summed E-state index contributed by atoms with van der Waals surface area (Å²) < 4.78 is 52.1. The fourth-order valence-corrected chi connectivity index (χ4v) is 7.60. The van der Waals surface area contributed by atoms with Gasteiger partial charge in [-0.3, -0.25) is 4.79 Å². The van der Waals surface area contributed by atoms with Gasteiger partial charge in [-0.1, -0.05) is 37.3 Å². The summed E-state index contributed by atoms with van der Waals surface area (Å²) in [4.78, 5) is 17.5. The number of aromatic nitrogens is 1. The molecule has 0 aliphatic carbocycles. The highest BCUT2D eigenvalue weighted by Gasteiger charge is 2.32. The molecule has 2 unspecified atom stereocenters. The first-order valence-electron chi connectivity index (χ1n) is 10.9. The maximum absolute atomic E-state index is 13.2. The van der Waals surface area contributed by atoms with Crippen LogP contribution in [0.2, 0.25) is 0 Å². The van der Waals surface area contributed by atoms with Gasteiger partial charge in [-0.15, -0.1) is 0 Å². The van der Waals surface area contributed by atoms with E-state index in [1.807, 2.05) is 13.8 Å². The first-order chi connectivity index (χ1) is 15.9. The number of nitrogens with zero attached hydrogens (tertiary/aromatic N) is 2. The predicted molar refractivity (Wildman–Crippen MR) is 134 cm³/mol. The lowest BCUT2D eigenvalue weighted by atomic mass is 9.94. The van der Waals surface area contributed by atoms with Crippen molar-refractivity contribution >= 4 is 52.3 Å². The summed E-state index contributed by atoms with van der Waals surface area (Å²) in [6.07, 6.45) is 2.14. The second-order valence-corrected chi connectivity index (χ2v) is 14.0. The second kappa shape index (κ2) is 9.37. The Bertz CT molecular complexity index is 1440. The average Bonchev–Trinajstić information content (AvgIpc) is 3.18. The lowest BCUT2D eigenvalue weighted by Gasteiger charge is -2.34. The number of rotatable bonds is 7. The first kappa shape index (κ1) is 24.8. The van der Waals surface area contributed by atoms with Crippen LogP contribution in [0.15, 0.2) is 52.3 Å². The molecule has 182 valence electrons. The number of piperidine rings is 1. The molecule has 3 aromatic rings. The van der Waals surface area contributed by atoms with Gasteiger partial charge in [0.25, 0.3) is 0 Å². The maximum atomic E-state index is 13.2. The molecule has 11 heteroatoms. The molecule has 1 N–H and O–H groups in total. The van der Waals surface area contributed by atoms with Gasteiger partial charge in [0.1, 0.15) is 0 Å². The molecular weight excluding hydrogens is 494 g/mol. The minimum Gasteiger partial charge on any atom is -0.354 e. The van der Waals surface area contributed by atoms with E-state index < -0.39 is 19.9 Å². The van der Waals surface area contributed by atoms with Crippen LogP contribution in [0, 0.1) is 11.8 Å². The number of carbonyl (C=O) groups is 1. The number of carbonyl (C=O) groups excluding carboxylic acids is 1. The molecule has 0 spiro atoms. The molecule has 2 aromatic carbocycles. The molecule has 2 heterocycles. The summed E-state index contributed by atoms with van der Waals surface area (Å²) >= 11 is 1.25. The third-order valence-corrected chi connectivity index (χ3v) is 9.73. The molecular formula is C23H27N3O5S3. The SMILES string of the molecule is CC1CC(C)CN(S(=O)(=O)c2cccc(C(=O)CNc3nc4ccc(S(C)(=O)=O)cc4s3)c2)C1. The summed E-state index contributed by atoms with van der Waals surface area (Å²) in [6.45, 7) is 4.98. The number of hydrogen-bond donors (Lipinski definition) is 1. The van der Waals surface area contributed by atoms with Crippen molar-refractivity contribution < 1.29 is 21.6 Å². The molecule has 4 rings (SSSR count). The number of hydrogen-bond acceptors (Lipinski definition) is 8. The number of sulfone groups is 1. The van der Waals surface area contributed by atoms with Crippen LogP contribution < -0.4 is 5.32 Å². The van der Waals surface area contributed by atoms with E-state index in [-0.39, 0.29) is 34.0 Å². The van der Waals surface area contributed by atoms with Gasteiger partial charge < -0.3 is 5.32 Å². The van der Waals surface area contributed by atoms with Crippen LogP contribution >= 0.6 is 11.3 Å². The van der Waals surface area contributed by atoms with Crippen molar-refractivity contribution in [2.45, 2.75) is 30.1 Å². The monoisotopic (exact) mass is 521 g/mol. The van der Waals surface area contributed by atoms with Gasteiger partial charge in [-0.05, 0) is 48.6 Å². The van der Waals surface area contributed by atoms with Crippen molar-refractivity contribution in [3.8, 4) is 0 Å². The summed E-state index contributed by atoms with van der Waals surface area (Å²) in [5, 5.41) is 3.45. The zero-order valence-corrected chi connectivity index (χ0v) is 21.6. The van der Waals surface area contributed by atoms with E-state index in [2.05, 4.69) is 10.3 Å². The summed E-state index contributed by atoms with van der Waals surface area (Å²) in [6, 6.07) is 10.8. The molecule has 0 bridgehead atoms. The predicted octanol–water partition coefficient (Wildman–Crippen LogP) is 3.66. The molecule has 0 saturated carbocycles. The van der Waals surface area contributed by atoms with Gasteiger partial charge in [-0.2, -0.15) is 4.31 Å². The summed E-state index contributed by atoms with van der Waals surface area (Å²) in [7, 11) is -7.01. The number of ketones is 1. The Morgan fingerprint density at radius 1 is 1.06 bits per heavy atom. The van der Waals surface area contributed by atoms with Gasteiger partial charge in [0.15, 0.2) is 20.8 Å². The van der Waals surface area contributed by atoms with Crippen molar-refractivity contribution in [1.29, 1.82) is 0 Å². The molecule has 1 aromatic heterocycles. The largest absolute Gasteiger partial charge is 0.354 e. The van der Waals surface area contributed by atoms with Crippen LogP contribution in [-0.2, 0) is 19.9 Å². The number of fused-ring (bicyclic) bond motifs is 1. The average molecular weight is 522 g/mol. The first-order valence-corrected chi connectivity index (χ1v) is 15.1. The number of thiazole rings is 1. The van der Waals surface area contributed by atoms with Gasteiger partial charge in [0.05, 0.1) is 26.6 Å². The van der Waals surface area contributed by atoms with Crippen LogP contribution in [0.1, 0.15) is 30.6 Å². The van der Waals surface area contributed by atoms with E-state index in [9.17, 15) is 21.6 Å². The normalized spacial score (nSPS) is 19.9. The van der Waals surface area contributed by atoms with Gasteiger partial charge in [0, 0.05) is 24.9 Å². The van der Waals surface area contributed by atoms with Crippen molar-refractivity contribution in [3.63, 3.8) is 0 Å². The zero-order chi connectivity index (χ0) is 24.7. The van der Waals surface area contributed by atoms with Crippen LogP contribution in [0.3, 0.4) is 0 Å². The minimum atomic E-state index is -3.68. The zero-order valence-electron chi connectivity index (χ0n) is 19.2. The van der Waals surface area contributed by atoms with E-state index in [1.54, 1.807) is 24.3 Å². The molecule has 34 heavy (non-hydrogen) atoms. The molecule has 2 atom stereocenters. The van der Waals surface area contributed by atoms with Crippen LogP contribution in [0.5, 0.6) is 0 Å². The fraction of sp³-hybridized carbons (Fsp3) is 0.391. The van der Waals surface area contributed by atoms with Crippen molar-refractivity contribution in [3.05, 3.63) is 48.0 Å². The van der Waals surface area contributed by atoms with Gasteiger partial charge in [-0.25, -0.2) is 21.8 Å². The second-order valence-electron chi connectivity index (χ2n) is 8.99. The van der Waals surface area contributed by atoms with Gasteiger partial charge in [0.2, 0.25) is 10.0 Å². The highest BCUT2D eigenvalue weighted by molar-refractivity contribution is 7.90. The Hall–Kier alpha value is -2.34. The number of benzene rings is 2. The van der Waals surface area contributed by atoms with E-state index >= 15 is 0 Å². The minimum absolute atomic E-state index is 0.0694. The number of Topliss-reactive ketones (excluding diaryl/α,β-unsaturated/α-hetero) is 1. The number of anilines is 1. The Morgan fingerprint density at radius 3 is 2.44 bits per heavy atom. The quantitative estimate of drug-likeness (QED) is 0.472.